The Morgan fingerprint density at radius 2 is 2.04 bits per heavy atom. The second-order valence-electron chi connectivity index (χ2n) is 6.60. The van der Waals surface area contributed by atoms with E-state index in [0.29, 0.717) is 5.75 Å². The monoisotopic (exact) mass is 371 g/mol. The molecular formula is C17H17N5O3S. The summed E-state index contributed by atoms with van der Waals surface area (Å²) in [6, 6.07) is 7.26. The van der Waals surface area contributed by atoms with Crippen molar-refractivity contribution in [3.8, 4) is 22.3 Å². The Kier molecular flexibility index (Phi) is 4.56. The first-order valence-electron chi connectivity index (χ1n) is 7.75. The molecule has 3 rings (SSSR count). The number of hydrogen-bond donors (Lipinski definition) is 1. The minimum atomic E-state index is -0.644. The number of aromatic nitrogens is 3. The second-order valence-corrected chi connectivity index (χ2v) is 7.46. The van der Waals surface area contributed by atoms with Crippen LogP contribution in [0.3, 0.4) is 0 Å². The highest BCUT2D eigenvalue weighted by atomic mass is 32.1. The number of nitro groups is 1. The summed E-state index contributed by atoms with van der Waals surface area (Å²) in [4.78, 5) is 22.4. The molecule has 0 aliphatic heterocycles. The molecule has 0 aliphatic rings. The lowest BCUT2D eigenvalue weighted by atomic mass is 9.93. The Balaban J connectivity index is 1.85. The minimum absolute atomic E-state index is 0.0209. The third-order valence-electron chi connectivity index (χ3n) is 3.54. The summed E-state index contributed by atoms with van der Waals surface area (Å²) in [7, 11) is 0. The third-order valence-corrected chi connectivity index (χ3v) is 4.43. The van der Waals surface area contributed by atoms with Crippen LogP contribution in [0.15, 0.2) is 35.8 Å². The molecule has 0 radical (unpaired) electrons. The van der Waals surface area contributed by atoms with Crippen LogP contribution in [0.5, 0.6) is 11.8 Å². The minimum Gasteiger partial charge on any atom is -0.424 e. The van der Waals surface area contributed by atoms with Crippen molar-refractivity contribution >= 4 is 22.8 Å². The number of nitrogens with zero attached hydrogens (tertiary/aromatic N) is 4. The van der Waals surface area contributed by atoms with Gasteiger partial charge in [0.1, 0.15) is 17.0 Å². The highest BCUT2D eigenvalue weighted by Crippen LogP contribution is 2.32. The highest BCUT2D eigenvalue weighted by molar-refractivity contribution is 7.13. The molecule has 0 saturated carbocycles. The van der Waals surface area contributed by atoms with Crippen molar-refractivity contribution in [2.45, 2.75) is 26.2 Å². The Morgan fingerprint density at radius 3 is 2.65 bits per heavy atom. The fourth-order valence-electron chi connectivity index (χ4n) is 2.11. The topological polar surface area (TPSA) is 117 Å². The van der Waals surface area contributed by atoms with Crippen LogP contribution < -0.4 is 10.5 Å². The van der Waals surface area contributed by atoms with Gasteiger partial charge in [-0.2, -0.15) is 9.97 Å². The summed E-state index contributed by atoms with van der Waals surface area (Å²) in [5.41, 5.74) is 7.10. The average Bonchev–Trinajstić information content (AvgIpc) is 3.05. The molecule has 9 heteroatoms. The fourth-order valence-corrected chi connectivity index (χ4v) is 3.15. The van der Waals surface area contributed by atoms with E-state index in [2.05, 4.69) is 35.7 Å². The zero-order chi connectivity index (χ0) is 18.9. The van der Waals surface area contributed by atoms with E-state index in [4.69, 9.17) is 10.5 Å². The predicted molar refractivity (Wildman–Crippen MR) is 99.4 cm³/mol. The number of anilines is 1. The van der Waals surface area contributed by atoms with Gasteiger partial charge in [0.25, 0.3) is 0 Å². The molecular weight excluding hydrogens is 354 g/mol. The van der Waals surface area contributed by atoms with Crippen molar-refractivity contribution in [1.29, 1.82) is 0 Å². The molecule has 0 unspecified atom stereocenters. The van der Waals surface area contributed by atoms with Crippen molar-refractivity contribution in [2.24, 2.45) is 0 Å². The van der Waals surface area contributed by atoms with Gasteiger partial charge in [0.2, 0.25) is 5.82 Å². The molecule has 2 N–H and O–H groups in total. The van der Waals surface area contributed by atoms with E-state index in [1.54, 1.807) is 17.4 Å². The van der Waals surface area contributed by atoms with Crippen molar-refractivity contribution in [2.75, 3.05) is 5.73 Å². The number of ether oxygens (including phenoxy) is 1. The van der Waals surface area contributed by atoms with Crippen LogP contribution in [0.25, 0.3) is 10.6 Å². The molecule has 0 amide bonds. The average molecular weight is 371 g/mol. The molecule has 0 saturated heterocycles. The van der Waals surface area contributed by atoms with E-state index in [1.165, 1.54) is 0 Å². The maximum absolute atomic E-state index is 10.8. The van der Waals surface area contributed by atoms with E-state index in [1.807, 2.05) is 23.6 Å². The van der Waals surface area contributed by atoms with Gasteiger partial charge in [-0.1, -0.05) is 32.9 Å². The zero-order valence-corrected chi connectivity index (χ0v) is 15.3. The number of rotatable bonds is 4. The molecule has 1 aromatic carbocycles. The van der Waals surface area contributed by atoms with Crippen LogP contribution in [-0.2, 0) is 5.41 Å². The molecule has 134 valence electrons. The van der Waals surface area contributed by atoms with Crippen molar-refractivity contribution in [1.82, 2.24) is 15.0 Å². The highest BCUT2D eigenvalue weighted by Gasteiger charge is 2.18. The van der Waals surface area contributed by atoms with Gasteiger partial charge in [-0.25, -0.2) is 4.98 Å². The summed E-state index contributed by atoms with van der Waals surface area (Å²) in [6.45, 7) is 6.34. The largest absolute Gasteiger partial charge is 0.424 e. The molecule has 0 bridgehead atoms. The molecule has 0 fully saturated rings. The normalized spacial score (nSPS) is 11.3. The Morgan fingerprint density at radius 1 is 1.27 bits per heavy atom. The Hall–Kier alpha value is -3.07. The molecule has 0 spiro atoms. The second kappa shape index (κ2) is 6.68. The van der Waals surface area contributed by atoms with Crippen LogP contribution in [0.1, 0.15) is 26.5 Å². The quantitative estimate of drug-likeness (QED) is 0.540. The van der Waals surface area contributed by atoms with Crippen molar-refractivity contribution in [3.05, 3.63) is 51.7 Å². The van der Waals surface area contributed by atoms with Crippen LogP contribution in [-0.4, -0.2) is 19.9 Å². The van der Waals surface area contributed by atoms with Crippen LogP contribution in [0, 0.1) is 10.1 Å². The van der Waals surface area contributed by atoms with E-state index in [0.717, 1.165) is 22.5 Å². The zero-order valence-electron chi connectivity index (χ0n) is 14.5. The first kappa shape index (κ1) is 17.7. The summed E-state index contributed by atoms with van der Waals surface area (Å²) in [5, 5.41) is 13.7. The predicted octanol–water partition coefficient (Wildman–Crippen LogP) is 4.18. The maximum atomic E-state index is 10.8. The van der Waals surface area contributed by atoms with Crippen molar-refractivity contribution < 1.29 is 9.66 Å². The first-order valence-corrected chi connectivity index (χ1v) is 8.63. The maximum Gasteiger partial charge on any atom is 0.329 e. The molecule has 3 aromatic rings. The Labute approximate surface area is 153 Å². The van der Waals surface area contributed by atoms with E-state index >= 15 is 0 Å². The summed E-state index contributed by atoms with van der Waals surface area (Å²) in [5.74, 6) is 0.245. The lowest BCUT2D eigenvalue weighted by Gasteiger charge is -2.14. The SMILES string of the molecule is CC(C)(C)c1csc(-c2cccc(Oc3ncc([N+](=O)[O-])c(N)n3)c2)n1. The van der Waals surface area contributed by atoms with Gasteiger partial charge < -0.3 is 10.5 Å². The van der Waals surface area contributed by atoms with E-state index < -0.39 is 4.92 Å². The number of nitrogen functional groups attached to an aromatic ring is 1. The summed E-state index contributed by atoms with van der Waals surface area (Å²) >= 11 is 1.56. The molecule has 26 heavy (non-hydrogen) atoms. The van der Waals surface area contributed by atoms with Crippen LogP contribution >= 0.6 is 11.3 Å². The molecule has 0 atom stereocenters. The number of benzene rings is 1. The first-order chi connectivity index (χ1) is 12.2. The van der Waals surface area contributed by atoms with Gasteiger partial charge in [0.15, 0.2) is 0 Å². The molecule has 2 heterocycles. The van der Waals surface area contributed by atoms with E-state index in [-0.39, 0.29) is 22.9 Å². The lowest BCUT2D eigenvalue weighted by Crippen LogP contribution is -2.11. The van der Waals surface area contributed by atoms with Gasteiger partial charge in [0.05, 0.1) is 10.6 Å². The summed E-state index contributed by atoms with van der Waals surface area (Å²) < 4.78 is 5.58. The number of hydrogen-bond acceptors (Lipinski definition) is 8. The van der Waals surface area contributed by atoms with Gasteiger partial charge in [-0.05, 0) is 12.1 Å². The van der Waals surface area contributed by atoms with Crippen LogP contribution in [0.2, 0.25) is 0 Å². The number of thiazole rings is 1. The smallest absolute Gasteiger partial charge is 0.329 e. The van der Waals surface area contributed by atoms with Crippen molar-refractivity contribution in [3.63, 3.8) is 0 Å². The molecule has 0 aliphatic carbocycles. The third kappa shape index (κ3) is 3.77. The fraction of sp³-hybridized carbons (Fsp3) is 0.235. The van der Waals surface area contributed by atoms with Gasteiger partial charge in [-0.15, -0.1) is 11.3 Å². The van der Waals surface area contributed by atoms with Crippen LogP contribution in [0.4, 0.5) is 11.5 Å². The standard InChI is InChI=1S/C17H17N5O3S/c1-17(2,3)13-9-26-15(20-13)10-5-4-6-11(7-10)25-16-19-8-12(22(23)24)14(18)21-16/h4-9H,1-3H3,(H2,18,19,21). The lowest BCUT2D eigenvalue weighted by molar-refractivity contribution is -0.384. The van der Waals surface area contributed by atoms with Gasteiger partial charge in [0, 0.05) is 16.4 Å². The Bertz CT molecular complexity index is 965. The van der Waals surface area contributed by atoms with E-state index in [9.17, 15) is 10.1 Å². The van der Waals surface area contributed by atoms with Gasteiger partial charge in [-0.3, -0.25) is 10.1 Å². The molecule has 8 nitrogen and oxygen atoms in total. The number of nitrogens with two attached hydrogens (primary N) is 1. The molecule has 2 aromatic heterocycles. The van der Waals surface area contributed by atoms with Gasteiger partial charge >= 0.3 is 11.7 Å². The summed E-state index contributed by atoms with van der Waals surface area (Å²) in [6.07, 6.45) is 1.03.